The highest BCUT2D eigenvalue weighted by atomic mass is 19.1. The number of hydrogen-bond acceptors (Lipinski definition) is 5. The molecule has 2 aromatic carbocycles. The van der Waals surface area contributed by atoms with Crippen molar-refractivity contribution in [2.75, 3.05) is 11.9 Å². The van der Waals surface area contributed by atoms with Crippen LogP contribution in [0, 0.1) is 5.82 Å². The lowest BCUT2D eigenvalue weighted by Crippen LogP contribution is -2.47. The van der Waals surface area contributed by atoms with E-state index < -0.39 is 35.9 Å². The van der Waals surface area contributed by atoms with Crippen molar-refractivity contribution >= 4 is 23.4 Å². The average Bonchev–Trinajstić information content (AvgIpc) is 3.46. The molecule has 3 aromatic rings. The van der Waals surface area contributed by atoms with Crippen molar-refractivity contribution in [3.8, 4) is 0 Å². The van der Waals surface area contributed by atoms with Crippen LogP contribution in [0.5, 0.6) is 0 Å². The van der Waals surface area contributed by atoms with Crippen LogP contribution in [0.1, 0.15) is 61.5 Å². The first-order chi connectivity index (χ1) is 18.5. The van der Waals surface area contributed by atoms with E-state index in [1.165, 1.54) is 22.6 Å². The fraction of sp³-hybridized carbons (Fsp3) is 0.393. The van der Waals surface area contributed by atoms with Crippen molar-refractivity contribution in [3.63, 3.8) is 0 Å². The van der Waals surface area contributed by atoms with Gasteiger partial charge in [-0.1, -0.05) is 43.3 Å². The first kappa shape index (κ1) is 27.9. The molecule has 1 aromatic heterocycles. The zero-order chi connectivity index (χ0) is 28.3. The Morgan fingerprint density at radius 3 is 2.51 bits per heavy atom. The molecule has 0 saturated carbocycles. The van der Waals surface area contributed by atoms with E-state index in [2.05, 4.69) is 20.9 Å². The zero-order valence-corrected chi connectivity index (χ0v) is 22.3. The smallest absolute Gasteiger partial charge is 0.243 e. The Kier molecular flexibility index (Phi) is 8.37. The fourth-order valence-electron chi connectivity index (χ4n) is 4.83. The molecule has 11 heteroatoms. The number of likely N-dealkylation sites (tertiary alicyclic amines) is 1. The van der Waals surface area contributed by atoms with Crippen LogP contribution >= 0.6 is 0 Å². The summed E-state index contributed by atoms with van der Waals surface area (Å²) in [6.07, 6.45) is -0.0503. The van der Waals surface area contributed by atoms with Crippen LogP contribution in [0.2, 0.25) is 0 Å². The third kappa shape index (κ3) is 6.65. The van der Waals surface area contributed by atoms with E-state index in [1.54, 1.807) is 49.6 Å². The maximum absolute atomic E-state index is 15.0. The van der Waals surface area contributed by atoms with Gasteiger partial charge < -0.3 is 15.5 Å². The number of benzene rings is 2. The maximum Gasteiger partial charge on any atom is 0.243 e. The lowest BCUT2D eigenvalue weighted by molar-refractivity contribution is -0.138. The number of anilines is 1. The minimum Gasteiger partial charge on any atom is -0.343 e. The predicted molar refractivity (Wildman–Crippen MR) is 141 cm³/mol. The Labute approximate surface area is 225 Å². The first-order valence-corrected chi connectivity index (χ1v) is 12.8. The summed E-state index contributed by atoms with van der Waals surface area (Å²) < 4.78 is 31.0. The Morgan fingerprint density at radius 1 is 1.13 bits per heavy atom. The maximum atomic E-state index is 15.0. The molecule has 9 nitrogen and oxygen atoms in total. The largest absolute Gasteiger partial charge is 0.343 e. The van der Waals surface area contributed by atoms with Gasteiger partial charge in [-0.3, -0.25) is 19.1 Å². The third-order valence-electron chi connectivity index (χ3n) is 6.66. The lowest BCUT2D eigenvalue weighted by Gasteiger charge is -2.27. The Morgan fingerprint density at radius 2 is 1.87 bits per heavy atom. The van der Waals surface area contributed by atoms with Gasteiger partial charge in [0.2, 0.25) is 17.7 Å². The van der Waals surface area contributed by atoms with Crippen LogP contribution in [-0.2, 0) is 27.9 Å². The summed E-state index contributed by atoms with van der Waals surface area (Å²) >= 11 is 0. The summed E-state index contributed by atoms with van der Waals surface area (Å²) in [6, 6.07) is 9.75. The molecule has 39 heavy (non-hydrogen) atoms. The van der Waals surface area contributed by atoms with Crippen LogP contribution in [0.3, 0.4) is 0 Å². The second kappa shape index (κ2) is 11.7. The van der Waals surface area contributed by atoms with Gasteiger partial charge in [0.25, 0.3) is 0 Å². The minimum atomic E-state index is -1.36. The van der Waals surface area contributed by atoms with Gasteiger partial charge >= 0.3 is 0 Å². The molecule has 206 valence electrons. The number of rotatable bonds is 8. The fourth-order valence-corrected chi connectivity index (χ4v) is 4.83. The molecular weight excluding hydrogens is 506 g/mol. The molecular formula is C28H32F2N6O3. The summed E-state index contributed by atoms with van der Waals surface area (Å²) in [5.41, 5.74) is 2.50. The Balaban J connectivity index is 1.63. The number of alkyl halides is 1. The van der Waals surface area contributed by atoms with E-state index in [-0.39, 0.29) is 31.2 Å². The summed E-state index contributed by atoms with van der Waals surface area (Å²) in [5, 5.41) is 13.3. The highest BCUT2D eigenvalue weighted by Crippen LogP contribution is 2.30. The Bertz CT molecular complexity index is 1370. The highest BCUT2D eigenvalue weighted by molar-refractivity contribution is 5.90. The number of nitrogens with one attached hydrogen (secondary N) is 2. The van der Waals surface area contributed by atoms with Gasteiger partial charge in [-0.05, 0) is 40.8 Å². The van der Waals surface area contributed by atoms with Gasteiger partial charge in [0, 0.05) is 32.3 Å². The second-order valence-electron chi connectivity index (χ2n) is 10.1. The summed E-state index contributed by atoms with van der Waals surface area (Å²) in [4.78, 5) is 39.4. The van der Waals surface area contributed by atoms with Crippen molar-refractivity contribution in [1.29, 1.82) is 0 Å². The molecule has 3 atom stereocenters. The zero-order valence-electron chi connectivity index (χ0n) is 22.3. The third-order valence-corrected chi connectivity index (χ3v) is 6.66. The molecule has 2 N–H and O–H groups in total. The normalized spacial score (nSPS) is 17.8. The van der Waals surface area contributed by atoms with Crippen LogP contribution in [0.25, 0.3) is 0 Å². The summed E-state index contributed by atoms with van der Waals surface area (Å²) in [5.74, 6) is -1.72. The molecule has 3 amide bonds. The molecule has 2 heterocycles. The van der Waals surface area contributed by atoms with Crippen molar-refractivity contribution in [1.82, 2.24) is 25.2 Å². The van der Waals surface area contributed by atoms with Crippen LogP contribution in [-0.4, -0.2) is 56.4 Å². The van der Waals surface area contributed by atoms with Crippen molar-refractivity contribution in [2.24, 2.45) is 7.05 Å². The highest BCUT2D eigenvalue weighted by Gasteiger charge is 2.40. The molecule has 0 radical (unpaired) electrons. The average molecular weight is 539 g/mol. The predicted octanol–water partition coefficient (Wildman–Crippen LogP) is 3.42. The van der Waals surface area contributed by atoms with Gasteiger partial charge in [-0.25, -0.2) is 8.78 Å². The molecule has 0 spiro atoms. The number of halogens is 2. The van der Waals surface area contributed by atoms with Crippen molar-refractivity contribution in [2.45, 2.75) is 57.8 Å². The van der Waals surface area contributed by atoms with Gasteiger partial charge in [0.15, 0.2) is 0 Å². The molecule has 0 bridgehead atoms. The molecule has 1 aliphatic rings. The number of carbonyl (C=O) groups is 3. The Hall–Kier alpha value is -4.15. The molecule has 0 aliphatic carbocycles. The van der Waals surface area contributed by atoms with Crippen LogP contribution in [0.4, 0.5) is 14.5 Å². The number of amides is 3. The van der Waals surface area contributed by atoms with E-state index in [1.807, 2.05) is 13.8 Å². The van der Waals surface area contributed by atoms with E-state index in [0.29, 0.717) is 28.1 Å². The number of aryl methyl sites for hydroxylation is 1. The standard InChI is InChI=1S/C28H32F2N6O3/c1-16(2)23-9-8-19(11-24(23)30)27(18-6-5-7-21(10-18)31-17(3)37)32-28(39)25-12-20(29)14-36(25)26(38)13-22-15-35(4)34-33-22/h5-11,15-16,20,25,27H,12-14H2,1-4H3,(H,31,37)(H,32,39)/t20-,25+,27+/m1/s1. The van der Waals surface area contributed by atoms with Gasteiger partial charge in [-0.15, -0.1) is 5.10 Å². The first-order valence-electron chi connectivity index (χ1n) is 12.8. The number of carbonyl (C=O) groups excluding carboxylic acids is 3. The lowest BCUT2D eigenvalue weighted by atomic mass is 9.94. The summed E-state index contributed by atoms with van der Waals surface area (Å²) in [7, 11) is 1.67. The minimum absolute atomic E-state index is 0.0379. The topological polar surface area (TPSA) is 109 Å². The number of hydrogen-bond donors (Lipinski definition) is 2. The molecule has 0 unspecified atom stereocenters. The van der Waals surface area contributed by atoms with Crippen LogP contribution < -0.4 is 10.6 Å². The monoisotopic (exact) mass is 538 g/mol. The number of aromatic nitrogens is 3. The second-order valence-corrected chi connectivity index (χ2v) is 10.1. The quantitative estimate of drug-likeness (QED) is 0.457. The molecule has 4 rings (SSSR count). The van der Waals surface area contributed by atoms with E-state index in [4.69, 9.17) is 0 Å². The van der Waals surface area contributed by atoms with Gasteiger partial charge in [-0.2, -0.15) is 0 Å². The van der Waals surface area contributed by atoms with Crippen LogP contribution in [0.15, 0.2) is 48.7 Å². The SMILES string of the molecule is CC(=O)Nc1cccc([C@H](NC(=O)[C@@H]2C[C@@H](F)CN2C(=O)Cc2cn(C)nn2)c2ccc(C(C)C)c(F)c2)c1. The van der Waals surface area contributed by atoms with E-state index in [0.717, 1.165) is 0 Å². The van der Waals surface area contributed by atoms with Crippen molar-refractivity contribution < 1.29 is 23.2 Å². The van der Waals surface area contributed by atoms with Gasteiger partial charge in [0.1, 0.15) is 18.0 Å². The molecule has 1 saturated heterocycles. The molecule has 1 aliphatic heterocycles. The number of nitrogens with zero attached hydrogens (tertiary/aromatic N) is 4. The van der Waals surface area contributed by atoms with E-state index >= 15 is 4.39 Å². The van der Waals surface area contributed by atoms with E-state index in [9.17, 15) is 18.8 Å². The molecule has 1 fully saturated rings. The summed E-state index contributed by atoms with van der Waals surface area (Å²) in [6.45, 7) is 4.94. The van der Waals surface area contributed by atoms with Gasteiger partial charge in [0.05, 0.1) is 24.7 Å². The van der Waals surface area contributed by atoms with Crippen molar-refractivity contribution in [3.05, 3.63) is 76.9 Å².